The van der Waals surface area contributed by atoms with Gasteiger partial charge < -0.3 is 10.1 Å². The Morgan fingerprint density at radius 3 is 1.78 bits per heavy atom. The van der Waals surface area contributed by atoms with Crippen LogP contribution in [-0.4, -0.2) is 24.5 Å². The molecule has 1 atom stereocenters. The Hall–Kier alpha value is -2.12. The lowest BCUT2D eigenvalue weighted by atomic mass is 10.0. The van der Waals surface area contributed by atoms with E-state index in [1.165, 1.54) is 77.6 Å². The third-order valence-corrected chi connectivity index (χ3v) is 6.24. The summed E-state index contributed by atoms with van der Waals surface area (Å²) in [5, 5.41) is 2.10. The van der Waals surface area contributed by atoms with Crippen molar-refractivity contribution in [1.82, 2.24) is 5.32 Å². The number of unbranched alkanes of at least 4 members (excludes halogenated alkanes) is 14. The number of benzene rings is 1. The molecule has 36 heavy (non-hydrogen) atoms. The molecule has 8 heteroatoms. The van der Waals surface area contributed by atoms with Crippen molar-refractivity contribution in [2.75, 3.05) is 6.61 Å². The zero-order chi connectivity index (χ0) is 26.8. The van der Waals surface area contributed by atoms with Gasteiger partial charge in [-0.25, -0.2) is 9.18 Å². The number of nitrogens with one attached hydrogen (secondary N) is 1. The molecule has 0 aliphatic rings. The average Bonchev–Trinajstić information content (AvgIpc) is 2.82. The Kier molecular flexibility index (Phi) is 16.1. The van der Waals surface area contributed by atoms with Gasteiger partial charge in [-0.05, 0) is 25.5 Å². The average molecular weight is 518 g/mol. The maximum Gasteiger partial charge on any atom is 0.417 e. The highest BCUT2D eigenvalue weighted by molar-refractivity contribution is 5.98. The zero-order valence-electron chi connectivity index (χ0n) is 21.9. The van der Waals surface area contributed by atoms with Gasteiger partial charge in [0.15, 0.2) is 0 Å². The summed E-state index contributed by atoms with van der Waals surface area (Å²) >= 11 is 0. The van der Waals surface area contributed by atoms with E-state index in [1.807, 2.05) is 0 Å². The van der Waals surface area contributed by atoms with E-state index in [0.717, 1.165) is 31.4 Å². The molecule has 0 heterocycles. The van der Waals surface area contributed by atoms with Gasteiger partial charge in [-0.1, -0.05) is 103 Å². The molecule has 4 nitrogen and oxygen atoms in total. The molecule has 1 amide bonds. The minimum absolute atomic E-state index is 0.171. The molecule has 0 aliphatic heterocycles. The molecule has 0 aliphatic carbocycles. The number of esters is 1. The minimum atomic E-state index is -4.90. The lowest BCUT2D eigenvalue weighted by Gasteiger charge is -2.16. The van der Waals surface area contributed by atoms with Crippen molar-refractivity contribution < 1.29 is 31.9 Å². The number of hydrogen-bond donors (Lipinski definition) is 1. The van der Waals surface area contributed by atoms with E-state index >= 15 is 0 Å². The van der Waals surface area contributed by atoms with Gasteiger partial charge in [-0.2, -0.15) is 13.2 Å². The van der Waals surface area contributed by atoms with Gasteiger partial charge in [0.25, 0.3) is 5.91 Å². The highest BCUT2D eigenvalue weighted by Gasteiger charge is 2.37. The Labute approximate surface area is 213 Å². The standard InChI is InChI=1S/C28H43F4NO3/c1-3-4-5-6-7-8-9-10-11-12-13-14-15-16-17-21-36-27(35)22(2)33-26(34)25-23(28(30,31)32)19-18-20-24(25)29/h18-20,22H,3-17,21H2,1-2H3,(H,33,34). The van der Waals surface area contributed by atoms with Crippen LogP contribution in [0.15, 0.2) is 18.2 Å². The van der Waals surface area contributed by atoms with Crippen LogP contribution in [-0.2, 0) is 15.7 Å². The van der Waals surface area contributed by atoms with E-state index in [9.17, 15) is 27.2 Å². The number of halogens is 4. The lowest BCUT2D eigenvalue weighted by Crippen LogP contribution is -2.40. The molecule has 0 fully saturated rings. The van der Waals surface area contributed by atoms with E-state index in [2.05, 4.69) is 12.2 Å². The molecule has 1 rings (SSSR count). The largest absolute Gasteiger partial charge is 0.464 e. The first kappa shape index (κ1) is 31.9. The predicted molar refractivity (Wildman–Crippen MR) is 134 cm³/mol. The Bertz CT molecular complexity index is 768. The molecule has 1 N–H and O–H groups in total. The molecule has 0 radical (unpaired) electrons. The molecular weight excluding hydrogens is 474 g/mol. The SMILES string of the molecule is CCCCCCCCCCCCCCCCCOC(=O)C(C)NC(=O)c1c(F)cccc1C(F)(F)F. The second-order valence-corrected chi connectivity index (χ2v) is 9.47. The van der Waals surface area contributed by atoms with Gasteiger partial charge in [-0.15, -0.1) is 0 Å². The number of hydrogen-bond acceptors (Lipinski definition) is 3. The Balaban J connectivity index is 2.12. The minimum Gasteiger partial charge on any atom is -0.464 e. The van der Waals surface area contributed by atoms with E-state index in [4.69, 9.17) is 4.74 Å². The normalized spacial score (nSPS) is 12.4. The van der Waals surface area contributed by atoms with Crippen LogP contribution in [0.5, 0.6) is 0 Å². The fourth-order valence-electron chi connectivity index (χ4n) is 4.09. The summed E-state index contributed by atoms with van der Waals surface area (Å²) in [6.07, 6.45) is 13.4. The Morgan fingerprint density at radius 1 is 0.833 bits per heavy atom. The van der Waals surface area contributed by atoms with Gasteiger partial charge in [0.1, 0.15) is 11.9 Å². The van der Waals surface area contributed by atoms with Crippen LogP contribution < -0.4 is 5.32 Å². The number of amides is 1. The van der Waals surface area contributed by atoms with E-state index in [-0.39, 0.29) is 6.61 Å². The summed E-state index contributed by atoms with van der Waals surface area (Å²) in [6, 6.07) is 1.07. The second kappa shape index (κ2) is 18.2. The summed E-state index contributed by atoms with van der Waals surface area (Å²) < 4.78 is 58.3. The first-order chi connectivity index (χ1) is 17.2. The molecule has 206 valence electrons. The molecule has 0 aromatic heterocycles. The quantitative estimate of drug-likeness (QED) is 0.114. The van der Waals surface area contributed by atoms with Crippen molar-refractivity contribution in [1.29, 1.82) is 0 Å². The smallest absolute Gasteiger partial charge is 0.417 e. The monoisotopic (exact) mass is 517 g/mol. The third kappa shape index (κ3) is 13.3. The van der Waals surface area contributed by atoms with E-state index in [0.29, 0.717) is 12.5 Å². The highest BCUT2D eigenvalue weighted by Crippen LogP contribution is 2.33. The van der Waals surface area contributed by atoms with Crippen LogP contribution in [0.1, 0.15) is 126 Å². The summed E-state index contributed by atoms with van der Waals surface area (Å²) in [5.41, 5.74) is -2.52. The maximum atomic E-state index is 13.9. The van der Waals surface area contributed by atoms with Gasteiger partial charge in [-0.3, -0.25) is 4.79 Å². The van der Waals surface area contributed by atoms with Gasteiger partial charge in [0, 0.05) is 0 Å². The number of rotatable bonds is 19. The topological polar surface area (TPSA) is 55.4 Å². The van der Waals surface area contributed by atoms with Crippen molar-refractivity contribution >= 4 is 11.9 Å². The summed E-state index contributed by atoms with van der Waals surface area (Å²) in [6.45, 7) is 3.70. The summed E-state index contributed by atoms with van der Waals surface area (Å²) in [7, 11) is 0. The first-order valence-electron chi connectivity index (χ1n) is 13.5. The molecule has 1 aromatic rings. The molecular formula is C28H43F4NO3. The second-order valence-electron chi connectivity index (χ2n) is 9.47. The fourth-order valence-corrected chi connectivity index (χ4v) is 4.09. The van der Waals surface area contributed by atoms with E-state index < -0.39 is 41.0 Å². The van der Waals surface area contributed by atoms with Crippen LogP contribution in [0.25, 0.3) is 0 Å². The molecule has 0 saturated heterocycles. The molecule has 0 saturated carbocycles. The van der Waals surface area contributed by atoms with Crippen molar-refractivity contribution in [3.63, 3.8) is 0 Å². The summed E-state index contributed by atoms with van der Waals surface area (Å²) in [5.74, 6) is -3.38. The van der Waals surface area contributed by atoms with E-state index in [1.54, 1.807) is 0 Å². The van der Waals surface area contributed by atoms with Crippen molar-refractivity contribution in [2.24, 2.45) is 0 Å². The highest BCUT2D eigenvalue weighted by atomic mass is 19.4. The van der Waals surface area contributed by atoms with Crippen molar-refractivity contribution in [2.45, 2.75) is 122 Å². The number of carbonyl (C=O) groups is 2. The molecule has 1 unspecified atom stereocenters. The van der Waals surface area contributed by atoms with Crippen LogP contribution in [0.3, 0.4) is 0 Å². The van der Waals surface area contributed by atoms with Crippen LogP contribution in [0.4, 0.5) is 17.6 Å². The molecule has 0 bridgehead atoms. The molecule has 0 spiro atoms. The van der Waals surface area contributed by atoms with Gasteiger partial charge >= 0.3 is 12.1 Å². The lowest BCUT2D eigenvalue weighted by molar-refractivity contribution is -0.145. The number of ether oxygens (including phenoxy) is 1. The number of alkyl halides is 3. The van der Waals surface area contributed by atoms with Crippen LogP contribution in [0, 0.1) is 5.82 Å². The maximum absolute atomic E-state index is 13.9. The van der Waals surface area contributed by atoms with Crippen LogP contribution in [0.2, 0.25) is 0 Å². The number of carbonyl (C=O) groups excluding carboxylic acids is 2. The predicted octanol–water partition coefficient (Wildman–Crippen LogP) is 8.38. The molecule has 1 aromatic carbocycles. The van der Waals surface area contributed by atoms with Crippen molar-refractivity contribution in [3.05, 3.63) is 35.1 Å². The van der Waals surface area contributed by atoms with Gasteiger partial charge in [0.05, 0.1) is 17.7 Å². The first-order valence-corrected chi connectivity index (χ1v) is 13.5. The zero-order valence-corrected chi connectivity index (χ0v) is 21.9. The van der Waals surface area contributed by atoms with Gasteiger partial charge in [0.2, 0.25) is 0 Å². The van der Waals surface area contributed by atoms with Crippen LogP contribution >= 0.6 is 0 Å². The Morgan fingerprint density at radius 2 is 1.31 bits per heavy atom. The summed E-state index contributed by atoms with van der Waals surface area (Å²) in [4.78, 5) is 24.3. The van der Waals surface area contributed by atoms with Crippen molar-refractivity contribution in [3.8, 4) is 0 Å². The fraction of sp³-hybridized carbons (Fsp3) is 0.714. The third-order valence-electron chi connectivity index (χ3n) is 6.24.